The molecule has 0 aromatic rings. The van der Waals surface area contributed by atoms with Gasteiger partial charge in [0.05, 0.1) is 11.2 Å². The van der Waals surface area contributed by atoms with Gasteiger partial charge in [0.1, 0.15) is 0 Å². The Morgan fingerprint density at radius 3 is 1.36 bits per heavy atom. The molecule has 166 valence electrons. The van der Waals surface area contributed by atoms with Gasteiger partial charge in [-0.25, -0.2) is 9.13 Å². The lowest BCUT2D eigenvalue weighted by atomic mass is 9.95. The zero-order valence-electron chi connectivity index (χ0n) is 16.8. The Kier molecular flexibility index (Phi) is 8.76. The molecule has 0 heterocycles. The van der Waals surface area contributed by atoms with Crippen molar-refractivity contribution >= 4 is 15.6 Å². The van der Waals surface area contributed by atoms with E-state index in [-0.39, 0.29) is 0 Å². The Morgan fingerprint density at radius 1 is 0.714 bits per heavy atom. The normalized spacial score (nSPS) is 20.5. The molecule has 0 bridgehead atoms. The van der Waals surface area contributed by atoms with Crippen LogP contribution in [0.5, 0.6) is 0 Å². The molecule has 0 spiro atoms. The third-order valence-corrected chi connectivity index (χ3v) is 7.15. The third kappa shape index (κ3) is 10.3. The summed E-state index contributed by atoms with van der Waals surface area (Å²) in [4.78, 5) is 35.7. The van der Waals surface area contributed by atoms with Crippen LogP contribution in [0.4, 0.5) is 0 Å². The van der Waals surface area contributed by atoms with Crippen molar-refractivity contribution in [2.75, 3.05) is 0 Å². The average Bonchev–Trinajstić information content (AvgIpc) is 3.43. The summed E-state index contributed by atoms with van der Waals surface area (Å²) in [5.41, 5.74) is -1.12. The molecule has 0 aromatic carbocycles. The maximum absolute atomic E-state index is 11.0. The van der Waals surface area contributed by atoms with E-state index in [1.165, 1.54) is 0 Å². The summed E-state index contributed by atoms with van der Waals surface area (Å²) in [5.74, 6) is 0.641. The lowest BCUT2D eigenvalue weighted by molar-refractivity contribution is 0.105. The minimum absolute atomic E-state index is 0.562. The predicted molar refractivity (Wildman–Crippen MR) is 106 cm³/mol. The standard InChI is InChI=1S/C18H36O8P2/c1-16(8-4-2-6-10-17(12-13-17)25-27(19,20)21)9-5-3-7-11-18(14-15-18)26-28(22,23)24/h16H,2-15H2,1H3,(H2,19,20,21)(H2,22,23,24). The van der Waals surface area contributed by atoms with Crippen LogP contribution >= 0.6 is 15.6 Å². The number of phosphoric ester groups is 2. The molecular formula is C18H36O8P2. The number of phosphoric acid groups is 2. The number of hydrogen-bond acceptors (Lipinski definition) is 4. The van der Waals surface area contributed by atoms with Gasteiger partial charge in [-0.15, -0.1) is 0 Å². The van der Waals surface area contributed by atoms with E-state index < -0.39 is 26.8 Å². The van der Waals surface area contributed by atoms with Gasteiger partial charge in [-0.05, 0) is 44.4 Å². The van der Waals surface area contributed by atoms with Gasteiger partial charge in [-0.1, -0.05) is 58.3 Å². The van der Waals surface area contributed by atoms with Gasteiger partial charge >= 0.3 is 15.6 Å². The van der Waals surface area contributed by atoms with E-state index in [9.17, 15) is 9.13 Å². The highest BCUT2D eigenvalue weighted by molar-refractivity contribution is 7.46. The van der Waals surface area contributed by atoms with Crippen molar-refractivity contribution in [3.05, 3.63) is 0 Å². The van der Waals surface area contributed by atoms with Crippen molar-refractivity contribution in [2.45, 2.75) is 108 Å². The first-order valence-corrected chi connectivity index (χ1v) is 13.5. The number of hydrogen-bond donors (Lipinski definition) is 4. The van der Waals surface area contributed by atoms with E-state index in [0.29, 0.717) is 5.92 Å². The minimum atomic E-state index is -4.38. The summed E-state index contributed by atoms with van der Waals surface area (Å²) in [6, 6.07) is 0. The molecule has 4 N–H and O–H groups in total. The van der Waals surface area contributed by atoms with Crippen molar-refractivity contribution < 1.29 is 37.8 Å². The smallest absolute Gasteiger partial charge is 0.303 e. The van der Waals surface area contributed by atoms with Crippen LogP contribution in [0.15, 0.2) is 0 Å². The highest BCUT2D eigenvalue weighted by Gasteiger charge is 2.48. The number of rotatable bonds is 16. The van der Waals surface area contributed by atoms with E-state index in [2.05, 4.69) is 6.92 Å². The monoisotopic (exact) mass is 442 g/mol. The highest BCUT2D eigenvalue weighted by atomic mass is 31.2. The summed E-state index contributed by atoms with van der Waals surface area (Å²) < 4.78 is 31.7. The lowest BCUT2D eigenvalue weighted by Crippen LogP contribution is -2.12. The zero-order chi connectivity index (χ0) is 20.9. The maximum Gasteiger partial charge on any atom is 0.470 e. The second kappa shape index (κ2) is 10.0. The SMILES string of the molecule is CC(CCCCCC1(OP(=O)(O)O)CC1)CCCCCC1(OP(=O)(O)O)CC1. The van der Waals surface area contributed by atoms with Crippen LogP contribution < -0.4 is 0 Å². The fourth-order valence-corrected chi connectivity index (χ4v) is 5.49. The number of unbranched alkanes of at least 4 members (excludes halogenated alkanes) is 4. The van der Waals surface area contributed by atoms with Crippen molar-refractivity contribution in [2.24, 2.45) is 5.92 Å². The first-order chi connectivity index (χ1) is 12.9. The van der Waals surface area contributed by atoms with E-state index in [1.54, 1.807) is 0 Å². The Bertz CT molecular complexity index is 526. The van der Waals surface area contributed by atoms with Crippen molar-refractivity contribution in [1.29, 1.82) is 0 Å². The molecule has 0 aliphatic heterocycles. The molecule has 0 amide bonds. The molecule has 0 atom stereocenters. The molecule has 2 aliphatic carbocycles. The van der Waals surface area contributed by atoms with Crippen molar-refractivity contribution in [3.63, 3.8) is 0 Å². The zero-order valence-corrected chi connectivity index (χ0v) is 18.6. The Labute approximate surface area is 167 Å². The van der Waals surface area contributed by atoms with Gasteiger partial charge in [-0.2, -0.15) is 0 Å². The summed E-state index contributed by atoms with van der Waals surface area (Å²) in [6.07, 6.45) is 13.0. The fraction of sp³-hybridized carbons (Fsp3) is 1.00. The molecule has 0 unspecified atom stereocenters. The second-order valence-corrected chi connectivity index (χ2v) is 11.2. The Balaban J connectivity index is 1.44. The molecule has 0 aromatic heterocycles. The topological polar surface area (TPSA) is 134 Å². The van der Waals surface area contributed by atoms with Crippen LogP contribution in [0.25, 0.3) is 0 Å². The second-order valence-electron chi connectivity index (χ2n) is 8.83. The molecule has 2 saturated carbocycles. The molecule has 2 fully saturated rings. The summed E-state index contributed by atoms with van der Waals surface area (Å²) >= 11 is 0. The average molecular weight is 442 g/mol. The Hall–Kier alpha value is 0.220. The summed E-state index contributed by atoms with van der Waals surface area (Å²) in [7, 11) is -8.76. The van der Waals surface area contributed by atoms with E-state index in [0.717, 1.165) is 89.9 Å². The third-order valence-electron chi connectivity index (χ3n) is 5.90. The van der Waals surface area contributed by atoms with Crippen molar-refractivity contribution in [3.8, 4) is 0 Å². The molecule has 2 aliphatic rings. The highest BCUT2D eigenvalue weighted by Crippen LogP contribution is 2.55. The molecule has 8 nitrogen and oxygen atoms in total. The molecule has 0 saturated heterocycles. The largest absolute Gasteiger partial charge is 0.470 e. The molecule has 28 heavy (non-hydrogen) atoms. The lowest BCUT2D eigenvalue weighted by Gasteiger charge is -2.17. The Morgan fingerprint density at radius 2 is 1.07 bits per heavy atom. The van der Waals surface area contributed by atoms with E-state index in [4.69, 9.17) is 28.6 Å². The van der Waals surface area contributed by atoms with Gasteiger partial charge in [0.2, 0.25) is 0 Å². The summed E-state index contributed by atoms with van der Waals surface area (Å²) in [5, 5.41) is 0. The maximum atomic E-state index is 11.0. The van der Waals surface area contributed by atoms with Crippen LogP contribution in [0.2, 0.25) is 0 Å². The van der Waals surface area contributed by atoms with Gasteiger partial charge in [-0.3, -0.25) is 9.05 Å². The predicted octanol–water partition coefficient (Wildman–Crippen LogP) is 4.81. The molecule has 2 rings (SSSR count). The van der Waals surface area contributed by atoms with Gasteiger partial charge in [0.15, 0.2) is 0 Å². The van der Waals surface area contributed by atoms with Gasteiger partial charge < -0.3 is 19.6 Å². The van der Waals surface area contributed by atoms with E-state index in [1.807, 2.05) is 0 Å². The first kappa shape index (κ1) is 24.5. The van der Waals surface area contributed by atoms with Crippen molar-refractivity contribution in [1.82, 2.24) is 0 Å². The van der Waals surface area contributed by atoms with Crippen LogP contribution in [-0.2, 0) is 18.2 Å². The quantitative estimate of drug-likeness (QED) is 0.198. The van der Waals surface area contributed by atoms with Crippen LogP contribution in [0.3, 0.4) is 0 Å². The first-order valence-electron chi connectivity index (χ1n) is 10.5. The molecule has 10 heteroatoms. The van der Waals surface area contributed by atoms with Crippen LogP contribution in [0.1, 0.15) is 96.8 Å². The molecule has 0 radical (unpaired) electrons. The molecular weight excluding hydrogens is 406 g/mol. The summed E-state index contributed by atoms with van der Waals surface area (Å²) in [6.45, 7) is 2.25. The van der Waals surface area contributed by atoms with E-state index >= 15 is 0 Å². The van der Waals surface area contributed by atoms with Crippen LogP contribution in [0, 0.1) is 5.92 Å². The fourth-order valence-electron chi connectivity index (χ4n) is 3.94. The van der Waals surface area contributed by atoms with Gasteiger partial charge in [0, 0.05) is 0 Å². The van der Waals surface area contributed by atoms with Gasteiger partial charge in [0.25, 0.3) is 0 Å². The van der Waals surface area contributed by atoms with Crippen LogP contribution in [-0.4, -0.2) is 30.8 Å². The minimum Gasteiger partial charge on any atom is -0.303 e.